The molecule has 1 saturated heterocycles. The molecule has 1 heterocycles. The number of benzene rings is 3. The number of aliphatic carboxylic acids is 1. The van der Waals surface area contributed by atoms with E-state index in [9.17, 15) is 33.1 Å². The van der Waals surface area contributed by atoms with E-state index in [2.05, 4.69) is 5.32 Å². The van der Waals surface area contributed by atoms with E-state index in [4.69, 9.17) is 0 Å². The Hall–Kier alpha value is -4.60. The van der Waals surface area contributed by atoms with Crippen molar-refractivity contribution >= 4 is 23.7 Å². The van der Waals surface area contributed by atoms with Crippen molar-refractivity contribution in [3.05, 3.63) is 107 Å². The van der Waals surface area contributed by atoms with Gasteiger partial charge < -0.3 is 20.2 Å². The molecule has 2 atom stereocenters. The Morgan fingerprint density at radius 1 is 0.842 bits per heavy atom. The number of nitrogens with zero attached hydrogens (tertiary/aromatic N) is 2. The summed E-state index contributed by atoms with van der Waals surface area (Å²) < 4.78 is 26.9. The molecule has 0 saturated carbocycles. The van der Waals surface area contributed by atoms with Crippen molar-refractivity contribution in [2.45, 2.75) is 25.0 Å². The lowest BCUT2D eigenvalue weighted by atomic mass is 10.0. The number of amides is 3. The summed E-state index contributed by atoms with van der Waals surface area (Å²) in [7, 11) is 0. The van der Waals surface area contributed by atoms with Gasteiger partial charge in [-0.15, -0.1) is 0 Å². The Balaban J connectivity index is 1.63. The van der Waals surface area contributed by atoms with Crippen molar-refractivity contribution in [3.63, 3.8) is 0 Å². The van der Waals surface area contributed by atoms with Gasteiger partial charge in [-0.3, -0.25) is 19.2 Å². The molecule has 0 radical (unpaired) electrons. The molecule has 1 aliphatic rings. The zero-order chi connectivity index (χ0) is 27.2. The zero-order valence-electron chi connectivity index (χ0n) is 20.2. The van der Waals surface area contributed by atoms with Gasteiger partial charge in [0, 0.05) is 18.7 Å². The van der Waals surface area contributed by atoms with E-state index in [1.807, 2.05) is 0 Å². The largest absolute Gasteiger partial charge is 0.481 e. The highest BCUT2D eigenvalue weighted by atomic mass is 19.1. The molecule has 2 unspecified atom stereocenters. The molecule has 3 amide bonds. The summed E-state index contributed by atoms with van der Waals surface area (Å²) in [4.78, 5) is 54.2. The standard InChI is InChI=1S/C28H25F2N3O5/c29-21-10-6-19(7-11-21)23(17-25(35)36)31-26(37)27-32(24(34)16-18-4-2-1-3-5-18)14-15-33(27)28(38)20-8-12-22(30)13-9-20/h1-13,23,27H,14-17H2,(H,31,37)(H,35,36). The summed E-state index contributed by atoms with van der Waals surface area (Å²) in [6.45, 7) is 0.103. The fraction of sp³-hybridized carbons (Fsp3) is 0.214. The third-order valence-corrected chi connectivity index (χ3v) is 6.24. The summed E-state index contributed by atoms with van der Waals surface area (Å²) in [5.74, 6) is -4.03. The van der Waals surface area contributed by atoms with Crippen LogP contribution in [-0.4, -0.2) is 57.9 Å². The average molecular weight is 522 g/mol. The molecule has 0 bridgehead atoms. The van der Waals surface area contributed by atoms with Gasteiger partial charge in [-0.05, 0) is 47.5 Å². The van der Waals surface area contributed by atoms with Crippen molar-refractivity contribution in [1.29, 1.82) is 0 Å². The van der Waals surface area contributed by atoms with Gasteiger partial charge in [0.15, 0.2) is 6.17 Å². The number of carboxylic acid groups (broad SMARTS) is 1. The molecule has 0 aliphatic carbocycles. The zero-order valence-corrected chi connectivity index (χ0v) is 20.2. The fourth-order valence-corrected chi connectivity index (χ4v) is 4.38. The number of halogens is 2. The number of nitrogens with one attached hydrogen (secondary N) is 1. The van der Waals surface area contributed by atoms with Gasteiger partial charge in [-0.2, -0.15) is 0 Å². The van der Waals surface area contributed by atoms with Crippen LogP contribution in [0.3, 0.4) is 0 Å². The van der Waals surface area contributed by atoms with E-state index in [0.29, 0.717) is 5.56 Å². The lowest BCUT2D eigenvalue weighted by Crippen LogP contribution is -2.54. The maximum absolute atomic E-state index is 13.6. The van der Waals surface area contributed by atoms with Crippen molar-refractivity contribution in [1.82, 2.24) is 15.1 Å². The second-order valence-electron chi connectivity index (χ2n) is 8.84. The molecule has 38 heavy (non-hydrogen) atoms. The van der Waals surface area contributed by atoms with Crippen molar-refractivity contribution < 1.29 is 33.1 Å². The maximum atomic E-state index is 13.6. The minimum absolute atomic E-state index is 0.0142. The van der Waals surface area contributed by atoms with Crippen LogP contribution in [0.5, 0.6) is 0 Å². The average Bonchev–Trinajstić information content (AvgIpc) is 3.35. The number of carbonyl (C=O) groups excluding carboxylic acids is 3. The fourth-order valence-electron chi connectivity index (χ4n) is 4.38. The number of hydrogen-bond acceptors (Lipinski definition) is 4. The Morgan fingerprint density at radius 2 is 1.42 bits per heavy atom. The van der Waals surface area contributed by atoms with E-state index < -0.39 is 54.0 Å². The maximum Gasteiger partial charge on any atom is 0.305 e. The molecule has 4 rings (SSSR count). The monoisotopic (exact) mass is 521 g/mol. The first-order valence-corrected chi connectivity index (χ1v) is 11.9. The van der Waals surface area contributed by atoms with Crippen LogP contribution >= 0.6 is 0 Å². The molecule has 0 aromatic heterocycles. The molecule has 2 N–H and O–H groups in total. The quantitative estimate of drug-likeness (QED) is 0.474. The Morgan fingerprint density at radius 3 is 2.03 bits per heavy atom. The number of hydrogen-bond donors (Lipinski definition) is 2. The first-order valence-electron chi connectivity index (χ1n) is 11.9. The molecular weight excluding hydrogens is 496 g/mol. The molecule has 3 aromatic rings. The van der Waals surface area contributed by atoms with Gasteiger partial charge in [0.1, 0.15) is 11.6 Å². The smallest absolute Gasteiger partial charge is 0.305 e. The summed E-state index contributed by atoms with van der Waals surface area (Å²) in [5, 5.41) is 12.0. The van der Waals surface area contributed by atoms with Crippen molar-refractivity contribution in [2.75, 3.05) is 13.1 Å². The van der Waals surface area contributed by atoms with Gasteiger partial charge in [0.2, 0.25) is 5.91 Å². The Labute approximate surface area is 217 Å². The molecule has 3 aromatic carbocycles. The summed E-state index contributed by atoms with van der Waals surface area (Å²) >= 11 is 0. The minimum atomic E-state index is -1.37. The van der Waals surface area contributed by atoms with Crippen LogP contribution in [0, 0.1) is 11.6 Å². The van der Waals surface area contributed by atoms with Gasteiger partial charge in [0.05, 0.1) is 18.9 Å². The van der Waals surface area contributed by atoms with Crippen LogP contribution in [0.1, 0.15) is 33.9 Å². The van der Waals surface area contributed by atoms with E-state index in [1.54, 1.807) is 30.3 Å². The predicted molar refractivity (Wildman–Crippen MR) is 133 cm³/mol. The highest BCUT2D eigenvalue weighted by Gasteiger charge is 2.43. The van der Waals surface area contributed by atoms with Gasteiger partial charge in [0.25, 0.3) is 11.8 Å². The van der Waals surface area contributed by atoms with Crippen molar-refractivity contribution in [2.24, 2.45) is 0 Å². The van der Waals surface area contributed by atoms with Crippen LogP contribution in [0.15, 0.2) is 78.9 Å². The van der Waals surface area contributed by atoms with E-state index in [0.717, 1.165) is 29.8 Å². The molecule has 10 heteroatoms. The highest BCUT2D eigenvalue weighted by molar-refractivity contribution is 5.99. The first-order chi connectivity index (χ1) is 18.2. The number of carboxylic acids is 1. The normalized spacial score (nSPS) is 15.7. The Bertz CT molecular complexity index is 1320. The van der Waals surface area contributed by atoms with Gasteiger partial charge >= 0.3 is 5.97 Å². The number of rotatable bonds is 8. The lowest BCUT2D eigenvalue weighted by molar-refractivity contribution is -0.142. The van der Waals surface area contributed by atoms with Crippen LogP contribution in [0.2, 0.25) is 0 Å². The SMILES string of the molecule is O=C(O)CC(NC(=O)C1N(C(=O)Cc2ccccc2)CCN1C(=O)c1ccc(F)cc1)c1ccc(F)cc1. The van der Waals surface area contributed by atoms with E-state index in [1.165, 1.54) is 34.1 Å². The molecule has 1 aliphatic heterocycles. The topological polar surface area (TPSA) is 107 Å². The summed E-state index contributed by atoms with van der Waals surface area (Å²) in [6.07, 6.45) is -1.89. The second kappa shape index (κ2) is 11.6. The lowest BCUT2D eigenvalue weighted by Gasteiger charge is -2.31. The van der Waals surface area contributed by atoms with Gasteiger partial charge in [-0.25, -0.2) is 8.78 Å². The van der Waals surface area contributed by atoms with E-state index >= 15 is 0 Å². The van der Waals surface area contributed by atoms with Crippen molar-refractivity contribution in [3.8, 4) is 0 Å². The van der Waals surface area contributed by atoms with E-state index in [-0.39, 0.29) is 25.1 Å². The molecular formula is C28H25F2N3O5. The second-order valence-corrected chi connectivity index (χ2v) is 8.84. The molecule has 0 spiro atoms. The van der Waals surface area contributed by atoms with Gasteiger partial charge in [-0.1, -0.05) is 42.5 Å². The number of carbonyl (C=O) groups is 4. The third-order valence-electron chi connectivity index (χ3n) is 6.24. The molecule has 196 valence electrons. The van der Waals surface area contributed by atoms with Crippen LogP contribution in [-0.2, 0) is 20.8 Å². The summed E-state index contributed by atoms with van der Waals surface area (Å²) in [6, 6.07) is 17.7. The molecule has 1 fully saturated rings. The van der Waals surface area contributed by atoms with Crippen LogP contribution in [0.25, 0.3) is 0 Å². The first kappa shape index (κ1) is 26.5. The van der Waals surface area contributed by atoms with Crippen LogP contribution in [0.4, 0.5) is 8.78 Å². The predicted octanol–water partition coefficient (Wildman–Crippen LogP) is 3.15. The minimum Gasteiger partial charge on any atom is -0.481 e. The summed E-state index contributed by atoms with van der Waals surface area (Å²) in [5.41, 5.74) is 1.19. The third kappa shape index (κ3) is 6.20. The highest BCUT2D eigenvalue weighted by Crippen LogP contribution is 2.23. The van der Waals surface area contributed by atoms with Crippen LogP contribution < -0.4 is 5.32 Å². The molecule has 8 nitrogen and oxygen atoms in total. The Kier molecular flexibility index (Phi) is 8.10.